The lowest BCUT2D eigenvalue weighted by Crippen LogP contribution is -2.25. The van der Waals surface area contributed by atoms with Gasteiger partial charge in [0.25, 0.3) is 5.91 Å². The minimum atomic E-state index is 0.00966. The Hall–Kier alpha value is -3.79. The van der Waals surface area contributed by atoms with Gasteiger partial charge in [0.2, 0.25) is 0 Å². The van der Waals surface area contributed by atoms with Crippen LogP contribution in [0.15, 0.2) is 97.6 Å². The molecule has 0 radical (unpaired) electrons. The Balaban J connectivity index is 1.49. The number of hydrogen-bond acceptors (Lipinski definition) is 3. The molecule has 1 fully saturated rings. The van der Waals surface area contributed by atoms with Crippen molar-refractivity contribution >= 4 is 5.91 Å². The number of carbonyl (C=O) groups excluding carboxylic acids is 1. The van der Waals surface area contributed by atoms with E-state index in [0.29, 0.717) is 11.6 Å². The van der Waals surface area contributed by atoms with E-state index >= 15 is 0 Å². The van der Waals surface area contributed by atoms with Gasteiger partial charge < -0.3 is 5.32 Å². The van der Waals surface area contributed by atoms with Gasteiger partial charge in [0.15, 0.2) is 0 Å². The molecule has 0 bridgehead atoms. The number of hydrogen-bond donors (Lipinski definition) is 1. The van der Waals surface area contributed by atoms with E-state index in [0.717, 1.165) is 41.5 Å². The van der Waals surface area contributed by atoms with Crippen LogP contribution in [0, 0.1) is 0 Å². The third-order valence-corrected chi connectivity index (χ3v) is 5.96. The molecule has 2 aromatic carbocycles. The quantitative estimate of drug-likeness (QED) is 0.436. The maximum absolute atomic E-state index is 12.6. The molecule has 1 aliphatic rings. The zero-order valence-electron chi connectivity index (χ0n) is 17.8. The van der Waals surface area contributed by atoms with Crippen LogP contribution in [-0.2, 0) is 6.42 Å². The van der Waals surface area contributed by atoms with Gasteiger partial charge in [0.05, 0.1) is 0 Å². The molecule has 2 aromatic heterocycles. The highest BCUT2D eigenvalue weighted by Crippen LogP contribution is 2.32. The Bertz CT molecular complexity index is 1160. The highest BCUT2D eigenvalue weighted by molar-refractivity contribution is 5.96. The molecule has 4 nitrogen and oxygen atoms in total. The third kappa shape index (κ3) is 4.59. The second-order valence-corrected chi connectivity index (χ2v) is 8.32. The molecule has 5 rings (SSSR count). The summed E-state index contributed by atoms with van der Waals surface area (Å²) in [6.45, 7) is 0. The fourth-order valence-electron chi connectivity index (χ4n) is 4.12. The molecule has 1 saturated carbocycles. The van der Waals surface area contributed by atoms with E-state index < -0.39 is 0 Å². The SMILES string of the molecule is O=C(NC1CC1)c1cccc(-c2ccccc2CC(c2cccnc2)c2cccnc2)c1. The van der Waals surface area contributed by atoms with E-state index in [9.17, 15) is 4.79 Å². The Morgan fingerprint density at radius 2 is 1.59 bits per heavy atom. The average molecular weight is 420 g/mol. The minimum absolute atomic E-state index is 0.00966. The fraction of sp³-hybridized carbons (Fsp3) is 0.179. The van der Waals surface area contributed by atoms with Crippen molar-refractivity contribution in [2.75, 3.05) is 0 Å². The molecule has 0 saturated heterocycles. The number of nitrogens with one attached hydrogen (secondary N) is 1. The molecule has 0 aliphatic heterocycles. The van der Waals surface area contributed by atoms with Gasteiger partial charge in [-0.2, -0.15) is 0 Å². The highest BCUT2D eigenvalue weighted by atomic mass is 16.1. The van der Waals surface area contributed by atoms with Crippen LogP contribution >= 0.6 is 0 Å². The van der Waals surface area contributed by atoms with Crippen molar-refractivity contribution in [3.05, 3.63) is 120 Å². The Morgan fingerprint density at radius 1 is 0.875 bits per heavy atom. The van der Waals surface area contributed by atoms with Gasteiger partial charge in [0, 0.05) is 42.3 Å². The van der Waals surface area contributed by atoms with Crippen molar-refractivity contribution in [3.8, 4) is 11.1 Å². The van der Waals surface area contributed by atoms with E-state index in [1.165, 1.54) is 5.56 Å². The predicted octanol–water partition coefficient (Wildman–Crippen LogP) is 5.41. The summed E-state index contributed by atoms with van der Waals surface area (Å²) < 4.78 is 0. The number of rotatable bonds is 7. The molecule has 0 spiro atoms. The van der Waals surface area contributed by atoms with Crippen LogP contribution in [0.25, 0.3) is 11.1 Å². The topological polar surface area (TPSA) is 54.9 Å². The first kappa shape index (κ1) is 20.1. The zero-order valence-corrected chi connectivity index (χ0v) is 17.8. The molecule has 1 amide bonds. The zero-order chi connectivity index (χ0) is 21.8. The van der Waals surface area contributed by atoms with Crippen molar-refractivity contribution in [1.29, 1.82) is 0 Å². The lowest BCUT2D eigenvalue weighted by molar-refractivity contribution is 0.0951. The monoisotopic (exact) mass is 419 g/mol. The van der Waals surface area contributed by atoms with Crippen LogP contribution in [0.5, 0.6) is 0 Å². The van der Waals surface area contributed by atoms with E-state index in [2.05, 4.69) is 57.7 Å². The number of amides is 1. The minimum Gasteiger partial charge on any atom is -0.349 e. The number of carbonyl (C=O) groups is 1. The van der Waals surface area contributed by atoms with Crippen molar-refractivity contribution in [2.24, 2.45) is 0 Å². The molecular weight excluding hydrogens is 394 g/mol. The summed E-state index contributed by atoms with van der Waals surface area (Å²) in [7, 11) is 0. The normalized spacial score (nSPS) is 13.2. The highest BCUT2D eigenvalue weighted by Gasteiger charge is 2.24. The van der Waals surface area contributed by atoms with E-state index in [-0.39, 0.29) is 11.8 Å². The van der Waals surface area contributed by atoms with Gasteiger partial charge in [-0.25, -0.2) is 0 Å². The van der Waals surface area contributed by atoms with Gasteiger partial charge in [-0.3, -0.25) is 14.8 Å². The van der Waals surface area contributed by atoms with E-state index in [1.807, 2.05) is 42.7 Å². The summed E-state index contributed by atoms with van der Waals surface area (Å²) >= 11 is 0. The molecule has 2 heterocycles. The first-order valence-electron chi connectivity index (χ1n) is 11.1. The first-order valence-corrected chi connectivity index (χ1v) is 11.1. The largest absolute Gasteiger partial charge is 0.349 e. The van der Waals surface area contributed by atoms with Gasteiger partial charge in [-0.15, -0.1) is 0 Å². The lowest BCUT2D eigenvalue weighted by atomic mass is 9.85. The first-order chi connectivity index (χ1) is 15.8. The molecule has 158 valence electrons. The molecule has 0 unspecified atom stereocenters. The molecule has 4 aromatic rings. The summed E-state index contributed by atoms with van der Waals surface area (Å²) in [5.74, 6) is 0.148. The lowest BCUT2D eigenvalue weighted by Gasteiger charge is -2.20. The molecule has 1 aliphatic carbocycles. The van der Waals surface area contributed by atoms with Gasteiger partial charge in [0.1, 0.15) is 0 Å². The number of aromatic nitrogens is 2. The Morgan fingerprint density at radius 3 is 2.25 bits per heavy atom. The molecule has 0 atom stereocenters. The van der Waals surface area contributed by atoms with Crippen LogP contribution in [0.3, 0.4) is 0 Å². The summed E-state index contributed by atoms with van der Waals surface area (Å²) in [6.07, 6.45) is 10.4. The fourth-order valence-corrected chi connectivity index (χ4v) is 4.12. The standard InChI is InChI=1S/C28H25N3O/c32-28(31-25-12-13-25)22-8-3-7-20(16-22)26-11-2-1-6-21(26)17-27(23-9-4-14-29-18-23)24-10-5-15-30-19-24/h1-11,14-16,18-19,25,27H,12-13,17H2,(H,31,32). The maximum atomic E-state index is 12.6. The number of nitrogens with zero attached hydrogens (tertiary/aromatic N) is 2. The smallest absolute Gasteiger partial charge is 0.251 e. The van der Waals surface area contributed by atoms with Crippen molar-refractivity contribution < 1.29 is 4.79 Å². The van der Waals surface area contributed by atoms with Crippen LogP contribution < -0.4 is 5.32 Å². The summed E-state index contributed by atoms with van der Waals surface area (Å²) in [5, 5.41) is 3.09. The van der Waals surface area contributed by atoms with E-state index in [4.69, 9.17) is 0 Å². The summed E-state index contributed by atoms with van der Waals surface area (Å²) in [6, 6.07) is 24.9. The van der Waals surface area contributed by atoms with Crippen molar-refractivity contribution in [2.45, 2.75) is 31.2 Å². The van der Waals surface area contributed by atoms with Gasteiger partial charge in [-0.1, -0.05) is 48.5 Å². The van der Waals surface area contributed by atoms with E-state index in [1.54, 1.807) is 12.4 Å². The maximum Gasteiger partial charge on any atom is 0.251 e. The second-order valence-electron chi connectivity index (χ2n) is 8.32. The molecule has 4 heteroatoms. The van der Waals surface area contributed by atoms with Crippen LogP contribution in [0.4, 0.5) is 0 Å². The number of benzene rings is 2. The summed E-state index contributed by atoms with van der Waals surface area (Å²) in [4.78, 5) is 21.3. The third-order valence-electron chi connectivity index (χ3n) is 5.96. The van der Waals surface area contributed by atoms with Crippen LogP contribution in [0.2, 0.25) is 0 Å². The number of pyridine rings is 2. The molecule has 32 heavy (non-hydrogen) atoms. The van der Waals surface area contributed by atoms with Gasteiger partial charge >= 0.3 is 0 Å². The Labute approximate surface area is 188 Å². The van der Waals surface area contributed by atoms with Gasteiger partial charge in [-0.05, 0) is 71.3 Å². The summed E-state index contributed by atoms with van der Waals surface area (Å²) in [5.41, 5.74) is 6.46. The van der Waals surface area contributed by atoms with Crippen LogP contribution in [0.1, 0.15) is 45.8 Å². The molecule has 1 N–H and O–H groups in total. The molecular formula is C28H25N3O. The van der Waals surface area contributed by atoms with Crippen molar-refractivity contribution in [3.63, 3.8) is 0 Å². The van der Waals surface area contributed by atoms with Crippen LogP contribution in [-0.4, -0.2) is 21.9 Å². The van der Waals surface area contributed by atoms with Crippen molar-refractivity contribution in [1.82, 2.24) is 15.3 Å². The average Bonchev–Trinajstić information content (AvgIpc) is 3.68. The Kier molecular flexibility index (Phi) is 5.75. The second kappa shape index (κ2) is 9.15. The predicted molar refractivity (Wildman–Crippen MR) is 126 cm³/mol.